The van der Waals surface area contributed by atoms with E-state index in [2.05, 4.69) is 40.4 Å². The van der Waals surface area contributed by atoms with Gasteiger partial charge in [-0.05, 0) is 59.9 Å². The quantitative estimate of drug-likeness (QED) is 0.752. The van der Waals surface area contributed by atoms with E-state index in [0.717, 1.165) is 23.0 Å². The molecule has 0 radical (unpaired) electrons. The average Bonchev–Trinajstić information content (AvgIpc) is 2.41. The molecule has 4 nitrogen and oxygen atoms in total. The van der Waals surface area contributed by atoms with E-state index in [4.69, 9.17) is 4.74 Å². The van der Waals surface area contributed by atoms with Crippen LogP contribution in [0.15, 0.2) is 22.7 Å². The van der Waals surface area contributed by atoms with Crippen LogP contribution in [-0.4, -0.2) is 25.6 Å². The van der Waals surface area contributed by atoms with Crippen LogP contribution in [-0.2, 0) is 11.3 Å². The first-order valence-corrected chi connectivity index (χ1v) is 8.10. The second-order valence-corrected chi connectivity index (χ2v) is 6.38. The van der Waals surface area contributed by atoms with Crippen LogP contribution in [0.5, 0.6) is 5.75 Å². The third kappa shape index (κ3) is 6.48. The van der Waals surface area contributed by atoms with Crippen LogP contribution in [0.25, 0.3) is 0 Å². The van der Waals surface area contributed by atoms with Crippen LogP contribution in [0, 0.1) is 5.92 Å². The molecule has 21 heavy (non-hydrogen) atoms. The van der Waals surface area contributed by atoms with Gasteiger partial charge in [-0.15, -0.1) is 0 Å². The topological polar surface area (TPSA) is 50.4 Å². The highest BCUT2D eigenvalue weighted by molar-refractivity contribution is 9.10. The van der Waals surface area contributed by atoms with E-state index in [1.54, 1.807) is 6.92 Å². The van der Waals surface area contributed by atoms with E-state index in [1.807, 2.05) is 25.2 Å². The molecule has 1 rings (SSSR count). The van der Waals surface area contributed by atoms with Crippen LogP contribution >= 0.6 is 15.9 Å². The van der Waals surface area contributed by atoms with Gasteiger partial charge in [0.2, 0.25) is 0 Å². The molecule has 0 aliphatic rings. The molecule has 0 saturated heterocycles. The molecule has 0 aliphatic heterocycles. The molecule has 0 bridgehead atoms. The number of nitrogens with one attached hydrogen (secondary N) is 2. The zero-order chi connectivity index (χ0) is 15.8. The Bertz CT molecular complexity index is 464. The molecule has 0 aliphatic carbocycles. The maximum Gasteiger partial charge on any atom is 0.260 e. The molecular weight excluding hydrogens is 332 g/mol. The summed E-state index contributed by atoms with van der Waals surface area (Å²) in [5.41, 5.74) is 1.16. The summed E-state index contributed by atoms with van der Waals surface area (Å²) in [4.78, 5) is 11.9. The summed E-state index contributed by atoms with van der Waals surface area (Å²) in [6.45, 7) is 7.51. The Labute approximate surface area is 135 Å². The Morgan fingerprint density at radius 1 is 1.33 bits per heavy atom. The Kier molecular flexibility index (Phi) is 7.75. The van der Waals surface area contributed by atoms with Gasteiger partial charge in [-0.2, -0.15) is 0 Å². The maximum absolute atomic E-state index is 11.9. The van der Waals surface area contributed by atoms with Crippen molar-refractivity contribution < 1.29 is 9.53 Å². The van der Waals surface area contributed by atoms with Crippen LogP contribution in [0.3, 0.4) is 0 Å². The summed E-state index contributed by atoms with van der Waals surface area (Å²) < 4.78 is 6.58. The smallest absolute Gasteiger partial charge is 0.260 e. The van der Waals surface area contributed by atoms with Crippen molar-refractivity contribution in [3.8, 4) is 5.75 Å². The van der Waals surface area contributed by atoms with E-state index in [1.165, 1.54) is 0 Å². The number of rotatable bonds is 8. The monoisotopic (exact) mass is 356 g/mol. The zero-order valence-electron chi connectivity index (χ0n) is 13.2. The van der Waals surface area contributed by atoms with Gasteiger partial charge < -0.3 is 15.4 Å². The Morgan fingerprint density at radius 3 is 2.62 bits per heavy atom. The molecule has 118 valence electrons. The van der Waals surface area contributed by atoms with Gasteiger partial charge in [0.1, 0.15) is 5.75 Å². The molecule has 0 saturated carbocycles. The molecule has 0 aromatic heterocycles. The average molecular weight is 357 g/mol. The summed E-state index contributed by atoms with van der Waals surface area (Å²) >= 11 is 3.48. The first kappa shape index (κ1) is 18.0. The van der Waals surface area contributed by atoms with Crippen molar-refractivity contribution in [3.63, 3.8) is 0 Å². The van der Waals surface area contributed by atoms with Gasteiger partial charge in [0, 0.05) is 13.1 Å². The van der Waals surface area contributed by atoms with Crippen molar-refractivity contribution in [2.24, 2.45) is 5.92 Å². The summed E-state index contributed by atoms with van der Waals surface area (Å²) in [5.74, 6) is 1.18. The van der Waals surface area contributed by atoms with Crippen LogP contribution in [0.1, 0.15) is 32.8 Å². The summed E-state index contributed by atoms with van der Waals surface area (Å²) in [6.07, 6.45) is 0.463. The number of benzene rings is 1. The van der Waals surface area contributed by atoms with Crippen LogP contribution in [0.2, 0.25) is 0 Å². The summed E-state index contributed by atoms with van der Waals surface area (Å²) in [7, 11) is 1.90. The lowest BCUT2D eigenvalue weighted by molar-refractivity contribution is -0.127. The first-order chi connectivity index (χ1) is 9.93. The molecule has 0 fully saturated rings. The second-order valence-electron chi connectivity index (χ2n) is 5.53. The van der Waals surface area contributed by atoms with Crippen molar-refractivity contribution in [2.75, 3.05) is 13.6 Å². The van der Waals surface area contributed by atoms with Crippen LogP contribution in [0.4, 0.5) is 0 Å². The minimum atomic E-state index is -0.511. The number of ether oxygens (including phenoxy) is 1. The molecular formula is C16H25BrN2O2. The normalized spacial score (nSPS) is 12.3. The molecule has 5 heteroatoms. The van der Waals surface area contributed by atoms with E-state index < -0.39 is 6.10 Å². The Hall–Kier alpha value is -1.07. The van der Waals surface area contributed by atoms with Gasteiger partial charge in [-0.25, -0.2) is 0 Å². The lowest BCUT2D eigenvalue weighted by atomic mass is 10.1. The highest BCUT2D eigenvalue weighted by Crippen LogP contribution is 2.27. The molecule has 0 heterocycles. The lowest BCUT2D eigenvalue weighted by Gasteiger charge is -2.16. The molecule has 1 atom stereocenters. The SMILES string of the molecule is CNCc1ccc(OC(C)C(=O)NCCC(C)C)c(Br)c1. The number of carbonyl (C=O) groups excluding carboxylic acids is 1. The fraction of sp³-hybridized carbons (Fsp3) is 0.562. The number of amides is 1. The third-order valence-corrected chi connectivity index (χ3v) is 3.69. The maximum atomic E-state index is 11.9. The van der Waals surface area contributed by atoms with E-state index in [9.17, 15) is 4.79 Å². The number of hydrogen-bond donors (Lipinski definition) is 2. The number of halogens is 1. The predicted molar refractivity (Wildman–Crippen MR) is 89.5 cm³/mol. The zero-order valence-corrected chi connectivity index (χ0v) is 14.8. The fourth-order valence-corrected chi connectivity index (χ4v) is 2.35. The molecule has 2 N–H and O–H groups in total. The lowest BCUT2D eigenvalue weighted by Crippen LogP contribution is -2.37. The molecule has 0 spiro atoms. The minimum absolute atomic E-state index is 0.0816. The van der Waals surface area contributed by atoms with Crippen molar-refractivity contribution in [2.45, 2.75) is 39.8 Å². The van der Waals surface area contributed by atoms with Crippen molar-refractivity contribution in [1.29, 1.82) is 0 Å². The minimum Gasteiger partial charge on any atom is -0.480 e. The van der Waals surface area contributed by atoms with E-state index in [-0.39, 0.29) is 5.91 Å². The van der Waals surface area contributed by atoms with E-state index >= 15 is 0 Å². The number of hydrogen-bond acceptors (Lipinski definition) is 3. The Balaban J connectivity index is 2.53. The molecule has 1 aromatic rings. The third-order valence-electron chi connectivity index (χ3n) is 3.07. The Morgan fingerprint density at radius 2 is 2.05 bits per heavy atom. The van der Waals surface area contributed by atoms with Crippen LogP contribution < -0.4 is 15.4 Å². The largest absolute Gasteiger partial charge is 0.480 e. The molecule has 1 unspecified atom stereocenters. The fourth-order valence-electron chi connectivity index (χ4n) is 1.83. The van der Waals surface area contributed by atoms with Gasteiger partial charge in [0.05, 0.1) is 4.47 Å². The highest BCUT2D eigenvalue weighted by atomic mass is 79.9. The summed E-state index contributed by atoms with van der Waals surface area (Å²) in [5, 5.41) is 5.99. The van der Waals surface area contributed by atoms with Gasteiger partial charge in [0.15, 0.2) is 6.10 Å². The standard InChI is InChI=1S/C16H25BrN2O2/c1-11(2)7-8-19-16(20)12(3)21-15-6-5-13(10-18-4)9-14(15)17/h5-6,9,11-12,18H,7-8,10H2,1-4H3,(H,19,20). The highest BCUT2D eigenvalue weighted by Gasteiger charge is 2.15. The van der Waals surface area contributed by atoms with Gasteiger partial charge in [-0.3, -0.25) is 4.79 Å². The molecule has 1 amide bonds. The number of carbonyl (C=O) groups is 1. The van der Waals surface area contributed by atoms with Gasteiger partial charge in [0.25, 0.3) is 5.91 Å². The van der Waals surface area contributed by atoms with Crippen molar-refractivity contribution in [1.82, 2.24) is 10.6 Å². The van der Waals surface area contributed by atoms with Crippen molar-refractivity contribution in [3.05, 3.63) is 28.2 Å². The second kappa shape index (κ2) is 9.05. The van der Waals surface area contributed by atoms with Gasteiger partial charge in [-0.1, -0.05) is 19.9 Å². The van der Waals surface area contributed by atoms with Crippen molar-refractivity contribution >= 4 is 21.8 Å². The molecule has 1 aromatic carbocycles. The predicted octanol–water partition coefficient (Wildman–Crippen LogP) is 3.10. The first-order valence-electron chi connectivity index (χ1n) is 7.31. The van der Waals surface area contributed by atoms with E-state index in [0.29, 0.717) is 18.2 Å². The van der Waals surface area contributed by atoms with Gasteiger partial charge >= 0.3 is 0 Å². The summed E-state index contributed by atoms with van der Waals surface area (Å²) in [6, 6.07) is 5.86.